The molecule has 1 aromatic carbocycles. The van der Waals surface area contributed by atoms with Crippen LogP contribution in [0.2, 0.25) is 0 Å². The zero-order valence-corrected chi connectivity index (χ0v) is 14.6. The summed E-state index contributed by atoms with van der Waals surface area (Å²) in [7, 11) is -2.39. The molecule has 0 amide bonds. The van der Waals surface area contributed by atoms with E-state index in [1.165, 1.54) is 0 Å². The molecular weight excluding hydrogens is 280 g/mol. The van der Waals surface area contributed by atoms with Crippen molar-refractivity contribution >= 4 is 10.5 Å². The molecule has 2 atom stereocenters. The predicted octanol–water partition coefficient (Wildman–Crippen LogP) is 4.80. The summed E-state index contributed by atoms with van der Waals surface area (Å²) in [6.07, 6.45) is 6.04. The second-order valence-corrected chi connectivity index (χ2v) is 9.65. The van der Waals surface area contributed by atoms with Gasteiger partial charge in [-0.2, -0.15) is 5.26 Å². The van der Waals surface area contributed by atoms with Gasteiger partial charge in [-0.1, -0.05) is 34.8 Å². The Morgan fingerprint density at radius 2 is 1.67 bits per heavy atom. The number of benzene rings is 1. The molecule has 0 saturated carbocycles. The number of nitrogens with one attached hydrogen (secondary N) is 1. The molecule has 4 heteroatoms. The standard InChI is InChI=1S/C17H26N2OS/c1-13(19-21(7,20)16(2,3)4)14-8-10-15(11-9-14)17(5,6)12-18/h7-11,13,19-20H,1-6H3/t13-/m0/s1. The number of hydrogen-bond donors (Lipinski definition) is 2. The Hall–Kier alpha value is -1.02. The summed E-state index contributed by atoms with van der Waals surface area (Å²) in [4.78, 5) is 0. The lowest BCUT2D eigenvalue weighted by Gasteiger charge is -2.44. The summed E-state index contributed by atoms with van der Waals surface area (Å²) < 4.78 is 13.1. The van der Waals surface area contributed by atoms with Crippen LogP contribution in [0.1, 0.15) is 58.7 Å². The molecule has 2 N–H and O–H groups in total. The van der Waals surface area contributed by atoms with Gasteiger partial charge in [-0.3, -0.25) is 4.72 Å². The molecule has 0 aliphatic heterocycles. The minimum Gasteiger partial charge on any atom is -0.337 e. The molecular formula is C17H26N2OS. The van der Waals surface area contributed by atoms with Crippen molar-refractivity contribution in [3.63, 3.8) is 0 Å². The molecule has 2 radical (unpaired) electrons. The van der Waals surface area contributed by atoms with Crippen LogP contribution in [0.3, 0.4) is 0 Å². The summed E-state index contributed by atoms with van der Waals surface area (Å²) in [6, 6.07) is 10.1. The van der Waals surface area contributed by atoms with Gasteiger partial charge in [0, 0.05) is 10.8 Å². The molecule has 1 unspecified atom stereocenters. The van der Waals surface area contributed by atoms with E-state index in [1.807, 2.05) is 65.8 Å². The Morgan fingerprint density at radius 1 is 1.19 bits per heavy atom. The van der Waals surface area contributed by atoms with E-state index in [-0.39, 0.29) is 6.04 Å². The maximum atomic E-state index is 10.4. The molecule has 0 aliphatic rings. The van der Waals surface area contributed by atoms with Gasteiger partial charge in [-0.15, -0.1) is 0 Å². The zero-order valence-electron chi connectivity index (χ0n) is 13.8. The van der Waals surface area contributed by atoms with Crippen molar-refractivity contribution in [3.05, 3.63) is 41.6 Å². The SMILES string of the molecule is [CH]S(O)(N[C@@H](C)c1ccc(C(C)(C)C#N)cc1)C(C)(C)C. The molecule has 0 heterocycles. The first-order valence-corrected chi connectivity index (χ1v) is 8.68. The lowest BCUT2D eigenvalue weighted by molar-refractivity contribution is 0.554. The number of nitriles is 1. The normalized spacial score (nSPS) is 18.4. The van der Waals surface area contributed by atoms with Gasteiger partial charge in [-0.05, 0) is 52.7 Å². The van der Waals surface area contributed by atoms with E-state index in [2.05, 4.69) is 10.8 Å². The number of rotatable bonds is 4. The number of hydrogen-bond acceptors (Lipinski definition) is 3. The fraction of sp³-hybridized carbons (Fsp3) is 0.529. The van der Waals surface area contributed by atoms with Crippen molar-refractivity contribution in [1.82, 2.24) is 4.72 Å². The fourth-order valence-corrected chi connectivity index (χ4v) is 2.80. The molecule has 0 bridgehead atoms. The van der Waals surface area contributed by atoms with Gasteiger partial charge in [0.15, 0.2) is 0 Å². The highest BCUT2D eigenvalue weighted by Crippen LogP contribution is 2.52. The van der Waals surface area contributed by atoms with Gasteiger partial charge in [0.2, 0.25) is 0 Å². The van der Waals surface area contributed by atoms with Gasteiger partial charge in [0.05, 0.1) is 17.7 Å². The summed E-state index contributed by atoms with van der Waals surface area (Å²) >= 11 is 0. The lowest BCUT2D eigenvalue weighted by atomic mass is 9.86. The van der Waals surface area contributed by atoms with Crippen LogP contribution in [-0.2, 0) is 5.41 Å². The largest absolute Gasteiger partial charge is 0.337 e. The molecule has 0 aromatic heterocycles. The molecule has 0 aliphatic carbocycles. The first-order valence-electron chi connectivity index (χ1n) is 7.03. The van der Waals surface area contributed by atoms with E-state index in [1.54, 1.807) is 0 Å². The van der Waals surface area contributed by atoms with Crippen LogP contribution in [0.5, 0.6) is 0 Å². The molecule has 0 fully saturated rings. The van der Waals surface area contributed by atoms with Crippen molar-refractivity contribution in [2.75, 3.05) is 0 Å². The molecule has 0 spiro atoms. The topological polar surface area (TPSA) is 56.0 Å². The monoisotopic (exact) mass is 306 g/mol. The van der Waals surface area contributed by atoms with E-state index in [0.29, 0.717) is 0 Å². The van der Waals surface area contributed by atoms with Gasteiger partial charge >= 0.3 is 0 Å². The van der Waals surface area contributed by atoms with Crippen LogP contribution >= 0.6 is 10.5 Å². The Bertz CT molecular complexity index is 521. The van der Waals surface area contributed by atoms with E-state index < -0.39 is 20.7 Å². The molecule has 0 saturated heterocycles. The molecule has 1 rings (SSSR count). The first kappa shape index (κ1) is 18.0. The van der Waals surface area contributed by atoms with Gasteiger partial charge < -0.3 is 4.55 Å². The van der Waals surface area contributed by atoms with Crippen molar-refractivity contribution in [2.24, 2.45) is 0 Å². The minimum absolute atomic E-state index is 0.0616. The van der Waals surface area contributed by atoms with Crippen molar-refractivity contribution in [1.29, 1.82) is 5.26 Å². The fourth-order valence-electron chi connectivity index (χ4n) is 1.77. The van der Waals surface area contributed by atoms with E-state index in [9.17, 15) is 4.55 Å². The summed E-state index contributed by atoms with van der Waals surface area (Å²) in [5.41, 5.74) is 1.51. The van der Waals surface area contributed by atoms with Crippen LogP contribution in [0.15, 0.2) is 24.3 Å². The summed E-state index contributed by atoms with van der Waals surface area (Å²) in [6.45, 7) is 11.5. The van der Waals surface area contributed by atoms with Crippen molar-refractivity contribution in [2.45, 2.75) is 57.7 Å². The quantitative estimate of drug-likeness (QED) is 0.840. The summed E-state index contributed by atoms with van der Waals surface area (Å²) in [5, 5.41) is 9.16. The molecule has 1 aromatic rings. The van der Waals surface area contributed by atoms with Crippen LogP contribution in [-0.4, -0.2) is 9.30 Å². The average molecular weight is 306 g/mol. The van der Waals surface area contributed by atoms with Gasteiger partial charge in [-0.25, -0.2) is 0 Å². The third-order valence-electron chi connectivity index (χ3n) is 3.70. The maximum Gasteiger partial charge on any atom is 0.0766 e. The Kier molecular flexibility index (Phi) is 5.15. The second-order valence-electron chi connectivity index (χ2n) is 6.94. The van der Waals surface area contributed by atoms with Crippen molar-refractivity contribution in [3.8, 4) is 6.07 Å². The van der Waals surface area contributed by atoms with Crippen LogP contribution in [0.4, 0.5) is 0 Å². The molecule has 116 valence electrons. The predicted molar refractivity (Wildman–Crippen MR) is 90.9 cm³/mol. The highest BCUT2D eigenvalue weighted by Gasteiger charge is 2.32. The van der Waals surface area contributed by atoms with Crippen LogP contribution in [0.25, 0.3) is 0 Å². The lowest BCUT2D eigenvalue weighted by Crippen LogP contribution is -2.34. The highest BCUT2D eigenvalue weighted by molar-refractivity contribution is 8.29. The van der Waals surface area contributed by atoms with Gasteiger partial charge in [0.25, 0.3) is 0 Å². The second kappa shape index (κ2) is 6.00. The molecule has 3 nitrogen and oxygen atoms in total. The highest BCUT2D eigenvalue weighted by atomic mass is 32.3. The van der Waals surface area contributed by atoms with Crippen LogP contribution in [0, 0.1) is 17.6 Å². The Balaban J connectivity index is 2.91. The van der Waals surface area contributed by atoms with Crippen molar-refractivity contribution < 1.29 is 4.55 Å². The first-order chi connectivity index (χ1) is 9.40. The van der Waals surface area contributed by atoms with E-state index in [0.717, 1.165) is 11.1 Å². The number of nitrogens with zero attached hydrogens (tertiary/aromatic N) is 1. The Labute approximate surface area is 131 Å². The average Bonchev–Trinajstić information content (AvgIpc) is 2.37. The third-order valence-corrected chi connectivity index (χ3v) is 6.28. The smallest absolute Gasteiger partial charge is 0.0766 e. The Morgan fingerprint density at radius 3 is 2.05 bits per heavy atom. The third kappa shape index (κ3) is 4.23. The van der Waals surface area contributed by atoms with E-state index >= 15 is 0 Å². The summed E-state index contributed by atoms with van der Waals surface area (Å²) in [5.74, 6) is 0. The minimum atomic E-state index is -2.39. The maximum absolute atomic E-state index is 10.4. The molecule has 21 heavy (non-hydrogen) atoms. The van der Waals surface area contributed by atoms with E-state index in [4.69, 9.17) is 11.5 Å². The van der Waals surface area contributed by atoms with Gasteiger partial charge in [0.1, 0.15) is 0 Å². The zero-order chi connectivity index (χ0) is 16.5. The van der Waals surface area contributed by atoms with Crippen LogP contribution < -0.4 is 4.72 Å².